The summed E-state index contributed by atoms with van der Waals surface area (Å²) in [5.41, 5.74) is 1.76. The SMILES string of the molecule is COc1ccc(C(=O)NC(C)c2cccc(NC(=O)c3ccccc3)c2)cc1[N+](=O)[O-]. The minimum Gasteiger partial charge on any atom is -0.490 e. The number of ether oxygens (including phenoxy) is 1. The molecule has 0 spiro atoms. The van der Waals surface area contributed by atoms with Crippen molar-refractivity contribution in [3.8, 4) is 5.75 Å². The predicted molar refractivity (Wildman–Crippen MR) is 116 cm³/mol. The van der Waals surface area contributed by atoms with Crippen LogP contribution in [0.15, 0.2) is 72.8 Å². The van der Waals surface area contributed by atoms with E-state index >= 15 is 0 Å². The van der Waals surface area contributed by atoms with Crippen molar-refractivity contribution < 1.29 is 19.2 Å². The first-order chi connectivity index (χ1) is 14.9. The molecule has 8 nitrogen and oxygen atoms in total. The Labute approximate surface area is 179 Å². The molecule has 0 saturated carbocycles. The Kier molecular flexibility index (Phi) is 6.61. The van der Waals surface area contributed by atoms with Gasteiger partial charge in [0.1, 0.15) is 0 Å². The maximum atomic E-state index is 12.6. The molecule has 158 valence electrons. The number of nitrogens with one attached hydrogen (secondary N) is 2. The number of nitro benzene ring substituents is 1. The Morgan fingerprint density at radius 1 is 0.935 bits per heavy atom. The number of carbonyl (C=O) groups is 2. The molecule has 1 unspecified atom stereocenters. The minimum absolute atomic E-state index is 0.0801. The molecule has 0 aliphatic carbocycles. The van der Waals surface area contributed by atoms with Crippen LogP contribution in [0.4, 0.5) is 11.4 Å². The van der Waals surface area contributed by atoms with Crippen LogP contribution in [0.1, 0.15) is 39.2 Å². The molecule has 0 heterocycles. The van der Waals surface area contributed by atoms with E-state index in [1.807, 2.05) is 12.1 Å². The van der Waals surface area contributed by atoms with Crippen LogP contribution in [0.2, 0.25) is 0 Å². The fraction of sp³-hybridized carbons (Fsp3) is 0.130. The first kappa shape index (κ1) is 21.5. The summed E-state index contributed by atoms with van der Waals surface area (Å²) < 4.78 is 4.96. The van der Waals surface area contributed by atoms with Crippen LogP contribution in [-0.2, 0) is 0 Å². The normalized spacial score (nSPS) is 11.3. The maximum Gasteiger partial charge on any atom is 0.311 e. The third-order valence-corrected chi connectivity index (χ3v) is 4.67. The number of methoxy groups -OCH3 is 1. The Morgan fingerprint density at radius 3 is 2.35 bits per heavy atom. The van der Waals surface area contributed by atoms with E-state index in [0.29, 0.717) is 11.3 Å². The van der Waals surface area contributed by atoms with Crippen molar-refractivity contribution in [1.29, 1.82) is 0 Å². The molecule has 3 aromatic rings. The second-order valence-electron chi connectivity index (χ2n) is 6.78. The van der Waals surface area contributed by atoms with Crippen molar-refractivity contribution in [2.75, 3.05) is 12.4 Å². The summed E-state index contributed by atoms with van der Waals surface area (Å²) >= 11 is 0. The van der Waals surface area contributed by atoms with Crippen LogP contribution in [-0.4, -0.2) is 23.8 Å². The number of nitro groups is 1. The molecule has 0 fully saturated rings. The van der Waals surface area contributed by atoms with Crippen LogP contribution in [0.5, 0.6) is 5.75 Å². The van der Waals surface area contributed by atoms with Crippen LogP contribution in [0, 0.1) is 10.1 Å². The monoisotopic (exact) mass is 419 g/mol. The average molecular weight is 419 g/mol. The van der Waals surface area contributed by atoms with Crippen molar-refractivity contribution in [2.24, 2.45) is 0 Å². The fourth-order valence-electron chi connectivity index (χ4n) is 3.02. The van der Waals surface area contributed by atoms with Crippen molar-refractivity contribution in [1.82, 2.24) is 5.32 Å². The Hall–Kier alpha value is -4.20. The summed E-state index contributed by atoms with van der Waals surface area (Å²) in [6.07, 6.45) is 0. The molecule has 1 atom stereocenters. The van der Waals surface area contributed by atoms with Crippen LogP contribution < -0.4 is 15.4 Å². The first-order valence-corrected chi connectivity index (χ1v) is 9.48. The molecule has 0 aromatic heterocycles. The van der Waals surface area contributed by atoms with Crippen LogP contribution in [0.25, 0.3) is 0 Å². The van der Waals surface area contributed by atoms with Gasteiger partial charge < -0.3 is 15.4 Å². The van der Waals surface area contributed by atoms with E-state index in [0.717, 1.165) is 5.56 Å². The summed E-state index contributed by atoms with van der Waals surface area (Å²) in [7, 11) is 1.33. The van der Waals surface area contributed by atoms with Gasteiger partial charge in [-0.05, 0) is 48.9 Å². The maximum absolute atomic E-state index is 12.6. The Morgan fingerprint density at radius 2 is 1.68 bits per heavy atom. The largest absolute Gasteiger partial charge is 0.490 e. The lowest BCUT2D eigenvalue weighted by Crippen LogP contribution is -2.26. The first-order valence-electron chi connectivity index (χ1n) is 9.48. The van der Waals surface area contributed by atoms with E-state index in [2.05, 4.69) is 10.6 Å². The molecule has 0 aliphatic rings. The van der Waals surface area contributed by atoms with E-state index < -0.39 is 16.9 Å². The van der Waals surface area contributed by atoms with Gasteiger partial charge in [0.15, 0.2) is 5.75 Å². The number of rotatable bonds is 7. The number of carbonyl (C=O) groups excluding carboxylic acids is 2. The van der Waals surface area contributed by atoms with Gasteiger partial charge in [-0.25, -0.2) is 0 Å². The van der Waals surface area contributed by atoms with Crippen LogP contribution in [0.3, 0.4) is 0 Å². The van der Waals surface area contributed by atoms with E-state index in [1.54, 1.807) is 49.4 Å². The lowest BCUT2D eigenvalue weighted by atomic mass is 10.1. The van der Waals surface area contributed by atoms with Gasteiger partial charge in [0.2, 0.25) is 0 Å². The summed E-state index contributed by atoms with van der Waals surface area (Å²) in [6.45, 7) is 1.79. The second kappa shape index (κ2) is 9.53. The van der Waals surface area contributed by atoms with Crippen molar-refractivity contribution in [2.45, 2.75) is 13.0 Å². The number of hydrogen-bond acceptors (Lipinski definition) is 5. The molecule has 2 amide bonds. The third kappa shape index (κ3) is 5.24. The van der Waals surface area contributed by atoms with Gasteiger partial charge in [-0.1, -0.05) is 30.3 Å². The predicted octanol–water partition coefficient (Wildman–Crippen LogP) is 4.35. The highest BCUT2D eigenvalue weighted by Gasteiger charge is 2.19. The molecular weight excluding hydrogens is 398 g/mol. The van der Waals surface area contributed by atoms with Gasteiger partial charge in [0.25, 0.3) is 11.8 Å². The number of nitrogens with zero attached hydrogens (tertiary/aromatic N) is 1. The van der Waals surface area contributed by atoms with E-state index in [1.165, 1.54) is 25.3 Å². The topological polar surface area (TPSA) is 111 Å². The molecule has 3 rings (SSSR count). The molecule has 0 aliphatic heterocycles. The third-order valence-electron chi connectivity index (χ3n) is 4.67. The van der Waals surface area contributed by atoms with Gasteiger partial charge in [0.05, 0.1) is 18.1 Å². The summed E-state index contributed by atoms with van der Waals surface area (Å²) in [6, 6.07) is 19.6. The number of benzene rings is 3. The van der Waals surface area contributed by atoms with Crippen molar-refractivity contribution in [3.05, 3.63) is 99.6 Å². The summed E-state index contributed by atoms with van der Waals surface area (Å²) in [5, 5.41) is 16.8. The highest BCUT2D eigenvalue weighted by Crippen LogP contribution is 2.28. The molecule has 0 bridgehead atoms. The van der Waals surface area contributed by atoms with Gasteiger partial charge in [-0.3, -0.25) is 19.7 Å². The highest BCUT2D eigenvalue weighted by molar-refractivity contribution is 6.04. The molecule has 2 N–H and O–H groups in total. The van der Waals surface area contributed by atoms with Gasteiger partial charge in [-0.2, -0.15) is 0 Å². The quantitative estimate of drug-likeness (QED) is 0.437. The summed E-state index contributed by atoms with van der Waals surface area (Å²) in [5.74, 6) is -0.617. The van der Waals surface area contributed by atoms with Gasteiger partial charge in [-0.15, -0.1) is 0 Å². The van der Waals surface area contributed by atoms with Crippen molar-refractivity contribution >= 4 is 23.2 Å². The van der Waals surface area contributed by atoms with Gasteiger partial charge in [0, 0.05) is 22.9 Å². The smallest absolute Gasteiger partial charge is 0.311 e. The molecule has 0 saturated heterocycles. The van der Waals surface area contributed by atoms with Crippen molar-refractivity contribution in [3.63, 3.8) is 0 Å². The van der Waals surface area contributed by atoms with E-state index in [-0.39, 0.29) is 22.9 Å². The molecule has 0 radical (unpaired) electrons. The average Bonchev–Trinajstić information content (AvgIpc) is 2.79. The van der Waals surface area contributed by atoms with Crippen LogP contribution >= 0.6 is 0 Å². The second-order valence-corrected chi connectivity index (χ2v) is 6.78. The van der Waals surface area contributed by atoms with E-state index in [9.17, 15) is 19.7 Å². The zero-order chi connectivity index (χ0) is 22.4. The lowest BCUT2D eigenvalue weighted by molar-refractivity contribution is -0.385. The fourth-order valence-corrected chi connectivity index (χ4v) is 3.02. The Balaban J connectivity index is 1.72. The Bertz CT molecular complexity index is 1120. The molecule has 8 heteroatoms. The standard InChI is InChI=1S/C23H21N3O5/c1-15(24-23(28)18-11-12-21(31-2)20(14-18)26(29)30)17-9-6-10-19(13-17)25-22(27)16-7-4-3-5-8-16/h3-15H,1-2H3,(H,24,28)(H,25,27). The zero-order valence-corrected chi connectivity index (χ0v) is 17.0. The molecular formula is C23H21N3O5. The molecule has 31 heavy (non-hydrogen) atoms. The zero-order valence-electron chi connectivity index (χ0n) is 17.0. The highest BCUT2D eigenvalue weighted by atomic mass is 16.6. The number of amides is 2. The minimum atomic E-state index is -0.599. The summed E-state index contributed by atoms with van der Waals surface area (Å²) in [4.78, 5) is 35.5. The number of hydrogen-bond donors (Lipinski definition) is 2. The molecule has 3 aromatic carbocycles. The van der Waals surface area contributed by atoms with Gasteiger partial charge >= 0.3 is 5.69 Å². The number of anilines is 1. The van der Waals surface area contributed by atoms with E-state index in [4.69, 9.17) is 4.74 Å². The lowest BCUT2D eigenvalue weighted by Gasteiger charge is -2.16.